The van der Waals surface area contributed by atoms with E-state index in [0.717, 1.165) is 32.4 Å². The molecule has 0 bridgehead atoms. The molecule has 1 N–H and O–H groups in total. The molecule has 0 aromatic heterocycles. The van der Waals surface area contributed by atoms with Crippen LogP contribution in [0.2, 0.25) is 0 Å². The topological polar surface area (TPSA) is 49.4 Å². The minimum absolute atomic E-state index is 0.225. The smallest absolute Gasteiger partial charge is 0.214 e. The SMILES string of the molecule is CCN(C1CCNCC1)S(=O)(=O)CCC1CCC1. The van der Waals surface area contributed by atoms with Crippen LogP contribution in [0.5, 0.6) is 0 Å². The summed E-state index contributed by atoms with van der Waals surface area (Å²) in [7, 11) is -3.04. The van der Waals surface area contributed by atoms with Gasteiger partial charge in [0.1, 0.15) is 0 Å². The first-order valence-electron chi connectivity index (χ1n) is 7.33. The first-order valence-corrected chi connectivity index (χ1v) is 8.94. The summed E-state index contributed by atoms with van der Waals surface area (Å²) in [6, 6.07) is 0.225. The zero-order valence-electron chi connectivity index (χ0n) is 11.4. The molecule has 0 aromatic rings. The molecule has 1 saturated carbocycles. The summed E-state index contributed by atoms with van der Waals surface area (Å²) in [6.07, 6.45) is 6.53. The van der Waals surface area contributed by atoms with Gasteiger partial charge in [-0.15, -0.1) is 0 Å². The predicted molar refractivity (Wildman–Crippen MR) is 74.0 cm³/mol. The van der Waals surface area contributed by atoms with E-state index < -0.39 is 10.0 Å². The fourth-order valence-electron chi connectivity index (χ4n) is 2.99. The molecule has 1 aliphatic carbocycles. The number of sulfonamides is 1. The van der Waals surface area contributed by atoms with E-state index in [1.165, 1.54) is 19.3 Å². The Labute approximate surface area is 111 Å². The summed E-state index contributed by atoms with van der Waals surface area (Å²) in [5.74, 6) is 1.03. The Kier molecular flexibility index (Phi) is 5.04. The van der Waals surface area contributed by atoms with Crippen LogP contribution in [0, 0.1) is 5.92 Å². The van der Waals surface area contributed by atoms with Gasteiger partial charge in [-0.2, -0.15) is 4.31 Å². The van der Waals surface area contributed by atoms with Gasteiger partial charge >= 0.3 is 0 Å². The second kappa shape index (κ2) is 6.35. The van der Waals surface area contributed by atoms with Crippen molar-refractivity contribution in [3.8, 4) is 0 Å². The van der Waals surface area contributed by atoms with Crippen LogP contribution in [0.1, 0.15) is 45.4 Å². The molecule has 18 heavy (non-hydrogen) atoms. The number of hydrogen-bond donors (Lipinski definition) is 1. The summed E-state index contributed by atoms with van der Waals surface area (Å²) < 4.78 is 26.6. The fourth-order valence-corrected chi connectivity index (χ4v) is 4.92. The van der Waals surface area contributed by atoms with Crippen molar-refractivity contribution < 1.29 is 8.42 Å². The monoisotopic (exact) mass is 274 g/mol. The minimum atomic E-state index is -3.04. The van der Waals surface area contributed by atoms with Gasteiger partial charge in [-0.25, -0.2) is 8.42 Å². The molecule has 5 heteroatoms. The maximum Gasteiger partial charge on any atom is 0.214 e. The van der Waals surface area contributed by atoms with Crippen molar-refractivity contribution in [3.63, 3.8) is 0 Å². The Morgan fingerprint density at radius 1 is 1.17 bits per heavy atom. The highest BCUT2D eigenvalue weighted by Gasteiger charge is 2.30. The molecule has 0 aromatic carbocycles. The summed E-state index contributed by atoms with van der Waals surface area (Å²) in [6.45, 7) is 4.47. The lowest BCUT2D eigenvalue weighted by Gasteiger charge is -2.34. The fraction of sp³-hybridized carbons (Fsp3) is 1.00. The van der Waals surface area contributed by atoms with Crippen LogP contribution in [0.3, 0.4) is 0 Å². The average molecular weight is 274 g/mol. The predicted octanol–water partition coefficient (Wildman–Crippen LogP) is 1.58. The largest absolute Gasteiger partial charge is 0.317 e. The van der Waals surface area contributed by atoms with Crippen molar-refractivity contribution in [2.45, 2.75) is 51.5 Å². The Morgan fingerprint density at radius 3 is 2.33 bits per heavy atom. The Morgan fingerprint density at radius 2 is 1.83 bits per heavy atom. The molecule has 106 valence electrons. The Balaban J connectivity index is 1.90. The lowest BCUT2D eigenvalue weighted by atomic mass is 9.84. The standard InChI is InChI=1S/C13H26N2O2S/c1-2-15(13-6-9-14-10-7-13)18(16,17)11-8-12-4-3-5-12/h12-14H,2-11H2,1H3. The zero-order chi connectivity index (χ0) is 13.0. The molecule has 0 amide bonds. The maximum absolute atomic E-state index is 12.4. The Hall–Kier alpha value is -0.130. The minimum Gasteiger partial charge on any atom is -0.317 e. The van der Waals surface area contributed by atoms with Crippen molar-refractivity contribution in [2.75, 3.05) is 25.4 Å². The zero-order valence-corrected chi connectivity index (χ0v) is 12.2. The molecule has 0 atom stereocenters. The van der Waals surface area contributed by atoms with Crippen molar-refractivity contribution in [1.29, 1.82) is 0 Å². The molecule has 2 aliphatic rings. The lowest BCUT2D eigenvalue weighted by molar-refractivity contribution is 0.266. The van der Waals surface area contributed by atoms with E-state index in [1.54, 1.807) is 4.31 Å². The molecule has 2 fully saturated rings. The molecule has 0 radical (unpaired) electrons. The number of nitrogens with zero attached hydrogens (tertiary/aromatic N) is 1. The third-order valence-corrected chi connectivity index (χ3v) is 6.42. The van der Waals surface area contributed by atoms with E-state index >= 15 is 0 Å². The lowest BCUT2D eigenvalue weighted by Crippen LogP contribution is -2.46. The maximum atomic E-state index is 12.4. The van der Waals surface area contributed by atoms with Crippen molar-refractivity contribution in [1.82, 2.24) is 9.62 Å². The van der Waals surface area contributed by atoms with Gasteiger partial charge in [0.25, 0.3) is 0 Å². The quantitative estimate of drug-likeness (QED) is 0.800. The second-order valence-electron chi connectivity index (χ2n) is 5.59. The number of hydrogen-bond acceptors (Lipinski definition) is 3. The summed E-state index contributed by atoms with van der Waals surface area (Å²) in [5, 5.41) is 3.29. The number of nitrogens with one attached hydrogen (secondary N) is 1. The number of piperidine rings is 1. The molecule has 4 nitrogen and oxygen atoms in total. The molecule has 1 aliphatic heterocycles. The molecular formula is C13H26N2O2S. The van der Waals surface area contributed by atoms with E-state index in [2.05, 4.69) is 5.32 Å². The van der Waals surface area contributed by atoms with E-state index in [4.69, 9.17) is 0 Å². The molecule has 0 spiro atoms. The molecular weight excluding hydrogens is 248 g/mol. The third-order valence-electron chi connectivity index (χ3n) is 4.39. The highest BCUT2D eigenvalue weighted by molar-refractivity contribution is 7.89. The van der Waals surface area contributed by atoms with E-state index in [0.29, 0.717) is 18.2 Å². The van der Waals surface area contributed by atoms with Crippen LogP contribution in [-0.4, -0.2) is 44.2 Å². The normalized spacial score (nSPS) is 23.2. The average Bonchev–Trinajstić information content (AvgIpc) is 2.28. The van der Waals surface area contributed by atoms with Crippen LogP contribution in [-0.2, 0) is 10.0 Å². The van der Waals surface area contributed by atoms with Crippen LogP contribution in [0.15, 0.2) is 0 Å². The van der Waals surface area contributed by atoms with E-state index in [-0.39, 0.29) is 6.04 Å². The van der Waals surface area contributed by atoms with Crippen molar-refractivity contribution in [3.05, 3.63) is 0 Å². The van der Waals surface area contributed by atoms with Crippen LogP contribution in [0.4, 0.5) is 0 Å². The van der Waals surface area contributed by atoms with Gasteiger partial charge in [0.15, 0.2) is 0 Å². The van der Waals surface area contributed by atoms with Crippen molar-refractivity contribution >= 4 is 10.0 Å². The van der Waals surface area contributed by atoms with Gasteiger partial charge in [-0.05, 0) is 38.3 Å². The van der Waals surface area contributed by atoms with Gasteiger partial charge in [-0.1, -0.05) is 26.2 Å². The summed E-state index contributed by atoms with van der Waals surface area (Å²) in [4.78, 5) is 0. The van der Waals surface area contributed by atoms with Gasteiger partial charge in [0.05, 0.1) is 5.75 Å². The van der Waals surface area contributed by atoms with Crippen LogP contribution >= 0.6 is 0 Å². The highest BCUT2D eigenvalue weighted by Crippen LogP contribution is 2.30. The van der Waals surface area contributed by atoms with Crippen LogP contribution < -0.4 is 5.32 Å². The summed E-state index contributed by atoms with van der Waals surface area (Å²) >= 11 is 0. The van der Waals surface area contributed by atoms with Gasteiger partial charge in [0.2, 0.25) is 10.0 Å². The molecule has 0 unspecified atom stereocenters. The van der Waals surface area contributed by atoms with Gasteiger partial charge in [-0.3, -0.25) is 0 Å². The first-order chi connectivity index (χ1) is 8.63. The van der Waals surface area contributed by atoms with E-state index in [9.17, 15) is 8.42 Å². The van der Waals surface area contributed by atoms with Gasteiger partial charge in [0, 0.05) is 12.6 Å². The Bertz CT molecular complexity index is 346. The molecule has 1 saturated heterocycles. The number of rotatable bonds is 6. The molecule has 1 heterocycles. The van der Waals surface area contributed by atoms with Gasteiger partial charge < -0.3 is 5.32 Å². The first kappa shape index (κ1) is 14.3. The third kappa shape index (κ3) is 3.45. The van der Waals surface area contributed by atoms with Crippen LogP contribution in [0.25, 0.3) is 0 Å². The molecule has 2 rings (SSSR count). The van der Waals surface area contributed by atoms with E-state index in [1.807, 2.05) is 6.92 Å². The highest BCUT2D eigenvalue weighted by atomic mass is 32.2. The second-order valence-corrected chi connectivity index (χ2v) is 7.63. The summed E-state index contributed by atoms with van der Waals surface area (Å²) in [5.41, 5.74) is 0. The van der Waals surface area contributed by atoms with Crippen molar-refractivity contribution in [2.24, 2.45) is 5.92 Å².